The van der Waals surface area contributed by atoms with E-state index in [1.165, 1.54) is 43.1 Å². The minimum atomic E-state index is -3.76. The second-order valence-electron chi connectivity index (χ2n) is 5.59. The van der Waals surface area contributed by atoms with E-state index < -0.39 is 10.0 Å². The predicted molar refractivity (Wildman–Crippen MR) is 94.4 cm³/mol. The van der Waals surface area contributed by atoms with Crippen LogP contribution in [-0.2, 0) is 10.0 Å². The third-order valence-corrected chi connectivity index (χ3v) is 6.06. The van der Waals surface area contributed by atoms with Crippen molar-refractivity contribution in [3.05, 3.63) is 35.6 Å². The Labute approximate surface area is 156 Å². The molecule has 1 unspecified atom stereocenters. The molecule has 0 bridgehead atoms. The number of ether oxygens (including phenoxy) is 3. The van der Waals surface area contributed by atoms with E-state index in [1.54, 1.807) is 6.07 Å². The molecule has 26 heavy (non-hydrogen) atoms. The van der Waals surface area contributed by atoms with E-state index in [-0.39, 0.29) is 29.2 Å². The maximum absolute atomic E-state index is 12.9. The number of sulfonamides is 1. The number of halogens is 1. The molecule has 1 aromatic heterocycles. The molecule has 1 aliphatic heterocycles. The molecular formula is C16H18ClN3O5S. The Bertz CT molecular complexity index is 893. The van der Waals surface area contributed by atoms with Gasteiger partial charge in [-0.3, -0.25) is 4.98 Å². The molecule has 2 aromatic rings. The first-order chi connectivity index (χ1) is 12.4. The Morgan fingerprint density at radius 1 is 1.19 bits per heavy atom. The van der Waals surface area contributed by atoms with E-state index in [1.807, 2.05) is 0 Å². The molecule has 3 rings (SSSR count). The van der Waals surface area contributed by atoms with Gasteiger partial charge in [-0.1, -0.05) is 11.6 Å². The molecular weight excluding hydrogens is 382 g/mol. The fraction of sp³-hybridized carbons (Fsp3) is 0.375. The summed E-state index contributed by atoms with van der Waals surface area (Å²) in [5, 5.41) is 0.322. The number of hydrogen-bond acceptors (Lipinski definition) is 7. The second kappa shape index (κ2) is 7.65. The first kappa shape index (κ1) is 18.7. The molecule has 0 aliphatic carbocycles. The third-order valence-electron chi connectivity index (χ3n) is 3.94. The molecule has 1 aliphatic rings. The zero-order valence-corrected chi connectivity index (χ0v) is 15.8. The van der Waals surface area contributed by atoms with Crippen LogP contribution in [0.2, 0.25) is 5.02 Å². The van der Waals surface area contributed by atoms with Crippen LogP contribution in [-0.4, -0.2) is 56.1 Å². The molecule has 10 heteroatoms. The largest absolute Gasteiger partial charge is 0.495 e. The van der Waals surface area contributed by atoms with Crippen molar-refractivity contribution >= 4 is 21.6 Å². The number of rotatable bonds is 6. The van der Waals surface area contributed by atoms with E-state index in [2.05, 4.69) is 9.97 Å². The number of benzene rings is 1. The Balaban J connectivity index is 1.76. The van der Waals surface area contributed by atoms with E-state index in [0.29, 0.717) is 23.9 Å². The van der Waals surface area contributed by atoms with Gasteiger partial charge in [0, 0.05) is 11.6 Å². The van der Waals surface area contributed by atoms with Gasteiger partial charge >= 0.3 is 0 Å². The van der Waals surface area contributed by atoms with Gasteiger partial charge in [0.25, 0.3) is 0 Å². The molecule has 0 amide bonds. The average Bonchev–Trinajstić information content (AvgIpc) is 3.11. The van der Waals surface area contributed by atoms with Crippen LogP contribution >= 0.6 is 11.6 Å². The van der Waals surface area contributed by atoms with Crippen molar-refractivity contribution in [1.82, 2.24) is 14.3 Å². The lowest BCUT2D eigenvalue weighted by atomic mass is 10.3. The van der Waals surface area contributed by atoms with Crippen molar-refractivity contribution in [2.24, 2.45) is 0 Å². The molecule has 0 spiro atoms. The highest BCUT2D eigenvalue weighted by molar-refractivity contribution is 7.89. The first-order valence-electron chi connectivity index (χ1n) is 7.80. The van der Waals surface area contributed by atoms with Gasteiger partial charge in [-0.2, -0.15) is 9.29 Å². The Hall–Kier alpha value is -2.10. The summed E-state index contributed by atoms with van der Waals surface area (Å²) in [5.41, 5.74) is 0. The Morgan fingerprint density at radius 3 is 2.69 bits per heavy atom. The Morgan fingerprint density at radius 2 is 1.96 bits per heavy atom. The van der Waals surface area contributed by atoms with Crippen molar-refractivity contribution in [2.45, 2.75) is 17.4 Å². The highest BCUT2D eigenvalue weighted by atomic mass is 35.5. The van der Waals surface area contributed by atoms with Gasteiger partial charge in [-0.15, -0.1) is 0 Å². The van der Waals surface area contributed by atoms with Crippen LogP contribution in [0.3, 0.4) is 0 Å². The van der Waals surface area contributed by atoms with Crippen molar-refractivity contribution in [3.63, 3.8) is 0 Å². The molecule has 0 N–H and O–H groups in total. The lowest BCUT2D eigenvalue weighted by molar-refractivity contribution is 0.203. The fourth-order valence-corrected chi connectivity index (χ4v) is 4.57. The van der Waals surface area contributed by atoms with Crippen LogP contribution in [0.1, 0.15) is 6.42 Å². The lowest BCUT2D eigenvalue weighted by Gasteiger charge is -2.18. The van der Waals surface area contributed by atoms with Crippen LogP contribution in [0.25, 0.3) is 0 Å². The molecule has 8 nitrogen and oxygen atoms in total. The zero-order valence-electron chi connectivity index (χ0n) is 14.3. The molecule has 1 fully saturated rings. The maximum atomic E-state index is 12.9. The van der Waals surface area contributed by atoms with Gasteiger partial charge in [0.05, 0.1) is 33.2 Å². The number of hydrogen-bond donors (Lipinski definition) is 0. The van der Waals surface area contributed by atoms with Gasteiger partial charge in [0.1, 0.15) is 16.7 Å². The molecule has 2 heterocycles. The smallest absolute Gasteiger partial charge is 0.246 e. The highest BCUT2D eigenvalue weighted by Gasteiger charge is 2.35. The van der Waals surface area contributed by atoms with E-state index in [4.69, 9.17) is 25.8 Å². The first-order valence-corrected chi connectivity index (χ1v) is 9.62. The van der Waals surface area contributed by atoms with Crippen molar-refractivity contribution < 1.29 is 22.6 Å². The van der Waals surface area contributed by atoms with Crippen molar-refractivity contribution in [2.75, 3.05) is 27.3 Å². The molecule has 1 atom stereocenters. The standard InChI is InChI=1S/C16H18ClN3O5S/c1-23-13-4-3-11(17)7-14(13)26(21,22)20-6-5-12(10-20)25-16-9-18-8-15(19-16)24-2/h3-4,7-9,12H,5-6,10H2,1-2H3. The summed E-state index contributed by atoms with van der Waals surface area (Å²) in [6, 6.07) is 4.50. The zero-order chi connectivity index (χ0) is 18.7. The monoisotopic (exact) mass is 399 g/mol. The summed E-state index contributed by atoms with van der Waals surface area (Å²) in [4.78, 5) is 8.13. The van der Waals surface area contributed by atoms with Crippen LogP contribution < -0.4 is 14.2 Å². The second-order valence-corrected chi connectivity index (χ2v) is 7.93. The van der Waals surface area contributed by atoms with Gasteiger partial charge in [-0.05, 0) is 24.6 Å². The summed E-state index contributed by atoms with van der Waals surface area (Å²) in [7, 11) is -0.860. The highest BCUT2D eigenvalue weighted by Crippen LogP contribution is 2.31. The normalized spacial score (nSPS) is 17.9. The van der Waals surface area contributed by atoms with Gasteiger partial charge < -0.3 is 14.2 Å². The number of aromatic nitrogens is 2. The Kier molecular flexibility index (Phi) is 5.49. The van der Waals surface area contributed by atoms with Crippen molar-refractivity contribution in [3.8, 4) is 17.5 Å². The summed E-state index contributed by atoms with van der Waals surface area (Å²) in [5.74, 6) is 0.861. The number of nitrogens with zero attached hydrogens (tertiary/aromatic N) is 3. The molecule has 0 saturated carbocycles. The summed E-state index contributed by atoms with van der Waals surface area (Å²) >= 11 is 5.96. The lowest BCUT2D eigenvalue weighted by Crippen LogP contribution is -2.31. The van der Waals surface area contributed by atoms with Gasteiger partial charge in [0.2, 0.25) is 21.8 Å². The third kappa shape index (κ3) is 3.84. The minimum absolute atomic E-state index is 0.0364. The van der Waals surface area contributed by atoms with Crippen LogP contribution in [0, 0.1) is 0 Å². The fourth-order valence-electron chi connectivity index (χ4n) is 2.66. The topological polar surface area (TPSA) is 90.9 Å². The maximum Gasteiger partial charge on any atom is 0.246 e. The molecule has 1 aromatic carbocycles. The van der Waals surface area contributed by atoms with Crippen molar-refractivity contribution in [1.29, 1.82) is 0 Å². The molecule has 1 saturated heterocycles. The minimum Gasteiger partial charge on any atom is -0.495 e. The van der Waals surface area contributed by atoms with Gasteiger partial charge in [-0.25, -0.2) is 8.42 Å². The van der Waals surface area contributed by atoms with Crippen LogP contribution in [0.4, 0.5) is 0 Å². The summed E-state index contributed by atoms with van der Waals surface area (Å²) in [6.45, 7) is 0.511. The quantitative estimate of drug-likeness (QED) is 0.733. The van der Waals surface area contributed by atoms with E-state index in [0.717, 1.165) is 0 Å². The predicted octanol–water partition coefficient (Wildman–Crippen LogP) is 1.99. The summed E-state index contributed by atoms with van der Waals surface area (Å²) < 4.78 is 43.2. The molecule has 140 valence electrons. The average molecular weight is 400 g/mol. The van der Waals surface area contributed by atoms with Crippen LogP contribution in [0.15, 0.2) is 35.5 Å². The molecule has 0 radical (unpaired) electrons. The van der Waals surface area contributed by atoms with Crippen LogP contribution in [0.5, 0.6) is 17.5 Å². The summed E-state index contributed by atoms with van der Waals surface area (Å²) in [6.07, 6.45) is 3.11. The number of methoxy groups -OCH3 is 2. The van der Waals surface area contributed by atoms with E-state index in [9.17, 15) is 8.42 Å². The van der Waals surface area contributed by atoms with E-state index >= 15 is 0 Å². The van der Waals surface area contributed by atoms with Gasteiger partial charge in [0.15, 0.2) is 0 Å². The SMILES string of the molecule is COc1cncc(OC2CCN(S(=O)(=O)c3cc(Cl)ccc3OC)C2)n1.